The summed E-state index contributed by atoms with van der Waals surface area (Å²) in [6.45, 7) is 1.79. The number of hydrogen-bond donors (Lipinski definition) is 0. The molecule has 0 saturated carbocycles. The first kappa shape index (κ1) is 8.41. The highest BCUT2D eigenvalue weighted by Gasteiger charge is 1.99. The van der Waals surface area contributed by atoms with Gasteiger partial charge in [-0.05, 0) is 12.8 Å². The summed E-state index contributed by atoms with van der Waals surface area (Å²) in [7, 11) is 0. The van der Waals surface area contributed by atoms with E-state index in [-0.39, 0.29) is 11.5 Å². The first-order valence-electron chi connectivity index (χ1n) is 2.83. The van der Waals surface area contributed by atoms with E-state index in [0.29, 0.717) is 0 Å². The molecule has 0 aliphatic carbocycles. The molecule has 0 aromatic carbocycles. The zero-order valence-corrected chi connectivity index (χ0v) is 6.62. The normalized spacial score (nSPS) is 13.9. The summed E-state index contributed by atoms with van der Waals surface area (Å²) in [5.41, 5.74) is 0. The Hall–Kier alpha value is 0.410. The number of halogens is 2. The van der Waals surface area contributed by atoms with Crippen LogP contribution in [0.15, 0.2) is 0 Å². The molecule has 1 atom stereocenters. The number of alkyl halides is 2. The Balaban J connectivity index is 2.86. The van der Waals surface area contributed by atoms with Crippen LogP contribution in [0.4, 0.5) is 4.39 Å². The van der Waals surface area contributed by atoms with Crippen molar-refractivity contribution in [3.63, 3.8) is 0 Å². The van der Waals surface area contributed by atoms with Crippen LogP contribution in [0.25, 0.3) is 0 Å². The summed E-state index contributed by atoms with van der Waals surface area (Å²) in [5.74, 6) is 0. The third kappa shape index (κ3) is 4.57. The van der Waals surface area contributed by atoms with Gasteiger partial charge < -0.3 is 0 Å². The average molecular weight is 182 g/mol. The predicted molar refractivity (Wildman–Crippen MR) is 37.9 cm³/mol. The minimum absolute atomic E-state index is 0.0439. The predicted octanol–water partition coefficient (Wildman–Crippen LogP) is 2.72. The number of hydrogen-bond acceptors (Lipinski definition) is 0. The number of rotatable bonds is 4. The molecule has 0 aliphatic rings. The molecule has 0 spiro atoms. The van der Waals surface area contributed by atoms with Gasteiger partial charge in [0.15, 0.2) is 0 Å². The van der Waals surface area contributed by atoms with Crippen LogP contribution in [0.5, 0.6) is 0 Å². The zero-order valence-electron chi connectivity index (χ0n) is 5.03. The van der Waals surface area contributed by atoms with Gasteiger partial charge >= 0.3 is 0 Å². The fourth-order valence-electron chi connectivity index (χ4n) is 0.411. The molecule has 0 heterocycles. The van der Waals surface area contributed by atoms with Crippen molar-refractivity contribution in [3.05, 3.63) is 6.42 Å². The molecule has 0 amide bonds. The molecule has 2 heteroatoms. The Morgan fingerprint density at radius 2 is 2.38 bits per heavy atom. The van der Waals surface area contributed by atoms with E-state index in [1.165, 1.54) is 0 Å². The lowest BCUT2D eigenvalue weighted by molar-refractivity contribution is 0.482. The van der Waals surface area contributed by atoms with Crippen molar-refractivity contribution >= 4 is 15.9 Å². The first-order chi connectivity index (χ1) is 3.81. The topological polar surface area (TPSA) is 0 Å². The van der Waals surface area contributed by atoms with Gasteiger partial charge in [0.05, 0.1) is 0 Å². The van der Waals surface area contributed by atoms with E-state index in [1.807, 2.05) is 0 Å². The van der Waals surface area contributed by atoms with Crippen molar-refractivity contribution in [3.8, 4) is 0 Å². The molecule has 0 N–H and O–H groups in total. The highest BCUT2D eigenvalue weighted by Crippen LogP contribution is 2.08. The fourth-order valence-corrected chi connectivity index (χ4v) is 0.675. The largest absolute Gasteiger partial charge is 0.250 e. The van der Waals surface area contributed by atoms with E-state index in [4.69, 9.17) is 0 Å². The summed E-state index contributed by atoms with van der Waals surface area (Å²) < 4.78 is 11.6. The highest BCUT2D eigenvalue weighted by molar-refractivity contribution is 9.09. The molecule has 1 radical (unpaired) electrons. The molecule has 0 aromatic rings. The fraction of sp³-hybridized carbons (Fsp3) is 0.833. The maximum Gasteiger partial charge on any atom is 0.102 e. The second kappa shape index (κ2) is 5.54. The van der Waals surface area contributed by atoms with Crippen LogP contribution in [0.1, 0.15) is 19.8 Å². The standard InChI is InChI=1S/C6H11BrF/c1-2-3-4-6(7)5-8/h3,6H,2,4-5H2,1H3. The van der Waals surface area contributed by atoms with Gasteiger partial charge in [-0.3, -0.25) is 0 Å². The maximum atomic E-state index is 11.6. The van der Waals surface area contributed by atoms with Gasteiger partial charge in [0.1, 0.15) is 6.67 Å². The van der Waals surface area contributed by atoms with Gasteiger partial charge in [-0.25, -0.2) is 4.39 Å². The molecule has 49 valence electrons. The van der Waals surface area contributed by atoms with Crippen molar-refractivity contribution < 1.29 is 4.39 Å². The van der Waals surface area contributed by atoms with E-state index in [9.17, 15) is 4.39 Å². The number of unbranched alkanes of at least 4 members (excludes halogenated alkanes) is 1. The first-order valence-corrected chi connectivity index (χ1v) is 3.74. The van der Waals surface area contributed by atoms with Crippen molar-refractivity contribution in [2.45, 2.75) is 24.6 Å². The molecule has 8 heavy (non-hydrogen) atoms. The summed E-state index contributed by atoms with van der Waals surface area (Å²) in [6, 6.07) is 0. The molecule has 0 fully saturated rings. The van der Waals surface area contributed by atoms with Gasteiger partial charge in [-0.2, -0.15) is 0 Å². The van der Waals surface area contributed by atoms with Crippen LogP contribution in [0, 0.1) is 6.42 Å². The Morgan fingerprint density at radius 1 is 1.75 bits per heavy atom. The van der Waals surface area contributed by atoms with E-state index >= 15 is 0 Å². The van der Waals surface area contributed by atoms with E-state index < -0.39 is 0 Å². The van der Waals surface area contributed by atoms with Crippen LogP contribution in [0.3, 0.4) is 0 Å². The Bertz CT molecular complexity index is 47.8. The minimum Gasteiger partial charge on any atom is -0.250 e. The lowest BCUT2D eigenvalue weighted by Gasteiger charge is -1.99. The second-order valence-corrected chi connectivity index (χ2v) is 2.98. The molecule has 0 nitrogen and oxygen atoms in total. The van der Waals surface area contributed by atoms with E-state index in [1.54, 1.807) is 0 Å². The lowest BCUT2D eigenvalue weighted by atomic mass is 10.2. The van der Waals surface area contributed by atoms with Crippen molar-refractivity contribution in [1.82, 2.24) is 0 Å². The summed E-state index contributed by atoms with van der Waals surface area (Å²) in [6.07, 6.45) is 3.94. The monoisotopic (exact) mass is 181 g/mol. The SMILES string of the molecule is CC[CH]CC(Br)CF. The van der Waals surface area contributed by atoms with Crippen LogP contribution >= 0.6 is 15.9 Å². The molecule has 0 saturated heterocycles. The van der Waals surface area contributed by atoms with Crippen molar-refractivity contribution in [2.24, 2.45) is 0 Å². The van der Waals surface area contributed by atoms with E-state index in [0.717, 1.165) is 12.8 Å². The van der Waals surface area contributed by atoms with Gasteiger partial charge in [0, 0.05) is 4.83 Å². The van der Waals surface area contributed by atoms with Gasteiger partial charge in [-0.15, -0.1) is 0 Å². The minimum atomic E-state index is -0.267. The Labute approximate surface area is 58.6 Å². The summed E-state index contributed by atoms with van der Waals surface area (Å²) in [5, 5.41) is 0. The Morgan fingerprint density at radius 3 is 2.75 bits per heavy atom. The summed E-state index contributed by atoms with van der Waals surface area (Å²) in [4.78, 5) is 0.0439. The molecular weight excluding hydrogens is 171 g/mol. The van der Waals surface area contributed by atoms with Crippen LogP contribution in [-0.4, -0.2) is 11.5 Å². The maximum absolute atomic E-state index is 11.6. The van der Waals surface area contributed by atoms with Crippen LogP contribution < -0.4 is 0 Å². The lowest BCUT2D eigenvalue weighted by Crippen LogP contribution is -1.98. The van der Waals surface area contributed by atoms with Crippen molar-refractivity contribution in [2.75, 3.05) is 6.67 Å². The van der Waals surface area contributed by atoms with E-state index in [2.05, 4.69) is 29.3 Å². The molecule has 0 rings (SSSR count). The van der Waals surface area contributed by atoms with Crippen molar-refractivity contribution in [1.29, 1.82) is 0 Å². The molecule has 0 aliphatic heterocycles. The molecular formula is C6H11BrF. The molecule has 1 unspecified atom stereocenters. The van der Waals surface area contributed by atoms with Crippen LogP contribution in [-0.2, 0) is 0 Å². The van der Waals surface area contributed by atoms with Gasteiger partial charge in [-0.1, -0.05) is 29.3 Å². The van der Waals surface area contributed by atoms with Crippen LogP contribution in [0.2, 0.25) is 0 Å². The third-order valence-electron chi connectivity index (χ3n) is 0.879. The summed E-state index contributed by atoms with van der Waals surface area (Å²) >= 11 is 3.17. The molecule has 0 aromatic heterocycles. The van der Waals surface area contributed by atoms with Gasteiger partial charge in [0.2, 0.25) is 0 Å². The highest BCUT2D eigenvalue weighted by atomic mass is 79.9. The molecule has 0 bridgehead atoms. The third-order valence-corrected chi connectivity index (χ3v) is 1.50. The van der Waals surface area contributed by atoms with Gasteiger partial charge in [0.25, 0.3) is 0 Å². The average Bonchev–Trinajstić information content (AvgIpc) is 1.83. The smallest absolute Gasteiger partial charge is 0.102 e. The second-order valence-electron chi connectivity index (χ2n) is 1.68. The zero-order chi connectivity index (χ0) is 6.41. The Kier molecular flexibility index (Phi) is 5.83. The quantitative estimate of drug-likeness (QED) is 0.586.